The molecule has 0 aromatic heterocycles. The number of halogens is 4. The van der Waals surface area contributed by atoms with Crippen LogP contribution in [0.5, 0.6) is 0 Å². The Morgan fingerprint density at radius 1 is 1.12 bits per heavy atom. The van der Waals surface area contributed by atoms with E-state index in [0.29, 0.717) is 5.56 Å². The summed E-state index contributed by atoms with van der Waals surface area (Å²) < 4.78 is 39.9. The first kappa shape index (κ1) is 18.3. The Hall–Kier alpha value is -2.05. The van der Waals surface area contributed by atoms with Crippen LogP contribution in [0.3, 0.4) is 0 Å². The second-order valence-corrected chi connectivity index (χ2v) is 5.89. The van der Waals surface area contributed by atoms with Crippen molar-refractivity contribution in [3.8, 4) is 0 Å². The smallest absolute Gasteiger partial charge is 0.241 e. The number of benzene rings is 2. The Labute approximate surface area is 143 Å². The van der Waals surface area contributed by atoms with E-state index in [1.807, 2.05) is 0 Å². The number of likely N-dealkylation sites (N-methyl/N-ethyl adjacent to an activating group) is 1. The standard InChI is InChI=1S/C17H16ClF3N2O/c1-10(17(24)22-16-6-4-12(18)8-15(16)21)23(2)9-11-3-5-13(19)14(20)7-11/h3-8,10H,9H2,1-2H3,(H,22,24). The molecule has 0 saturated heterocycles. The second kappa shape index (κ2) is 7.68. The van der Waals surface area contributed by atoms with Crippen LogP contribution in [0.1, 0.15) is 12.5 Å². The summed E-state index contributed by atoms with van der Waals surface area (Å²) in [6.07, 6.45) is 0. The van der Waals surface area contributed by atoms with E-state index in [1.54, 1.807) is 18.9 Å². The summed E-state index contributed by atoms with van der Waals surface area (Å²) in [7, 11) is 1.66. The van der Waals surface area contributed by atoms with Gasteiger partial charge in [-0.1, -0.05) is 17.7 Å². The van der Waals surface area contributed by atoms with Crippen LogP contribution >= 0.6 is 11.6 Å². The maximum absolute atomic E-state index is 13.7. The average Bonchev–Trinajstić information content (AvgIpc) is 2.52. The lowest BCUT2D eigenvalue weighted by Crippen LogP contribution is -2.39. The van der Waals surface area contributed by atoms with E-state index in [4.69, 9.17) is 11.6 Å². The van der Waals surface area contributed by atoms with Crippen LogP contribution < -0.4 is 5.32 Å². The van der Waals surface area contributed by atoms with E-state index < -0.39 is 29.4 Å². The molecule has 1 atom stereocenters. The van der Waals surface area contributed by atoms with Crippen molar-refractivity contribution in [1.29, 1.82) is 0 Å². The number of anilines is 1. The van der Waals surface area contributed by atoms with Crippen molar-refractivity contribution >= 4 is 23.2 Å². The number of hydrogen-bond donors (Lipinski definition) is 1. The minimum atomic E-state index is -0.943. The average molecular weight is 357 g/mol. The molecule has 2 rings (SSSR count). The quantitative estimate of drug-likeness (QED) is 0.870. The number of amides is 1. The van der Waals surface area contributed by atoms with Gasteiger partial charge >= 0.3 is 0 Å². The van der Waals surface area contributed by atoms with Crippen LogP contribution in [-0.2, 0) is 11.3 Å². The number of nitrogens with zero attached hydrogens (tertiary/aromatic N) is 1. The van der Waals surface area contributed by atoms with Gasteiger partial charge in [0.15, 0.2) is 11.6 Å². The van der Waals surface area contributed by atoms with Crippen molar-refractivity contribution in [2.24, 2.45) is 0 Å². The van der Waals surface area contributed by atoms with Gasteiger partial charge in [-0.3, -0.25) is 9.69 Å². The third kappa shape index (κ3) is 4.49. The van der Waals surface area contributed by atoms with Crippen LogP contribution in [0.4, 0.5) is 18.9 Å². The van der Waals surface area contributed by atoms with Crippen molar-refractivity contribution < 1.29 is 18.0 Å². The predicted octanol–water partition coefficient (Wildman–Crippen LogP) is 4.22. The summed E-state index contributed by atoms with van der Waals surface area (Å²) in [6, 6.07) is 6.88. The first-order chi connectivity index (χ1) is 11.3. The summed E-state index contributed by atoms with van der Waals surface area (Å²) in [5.41, 5.74) is 0.547. The highest BCUT2D eigenvalue weighted by Crippen LogP contribution is 2.19. The number of carbonyl (C=O) groups excluding carboxylic acids is 1. The van der Waals surface area contributed by atoms with Crippen molar-refractivity contribution in [2.45, 2.75) is 19.5 Å². The fraction of sp³-hybridized carbons (Fsp3) is 0.235. The van der Waals surface area contributed by atoms with E-state index >= 15 is 0 Å². The zero-order chi connectivity index (χ0) is 17.9. The predicted molar refractivity (Wildman–Crippen MR) is 87.3 cm³/mol. The SMILES string of the molecule is CC(C(=O)Nc1ccc(Cl)cc1F)N(C)Cc1ccc(F)c(F)c1. The molecule has 0 heterocycles. The van der Waals surface area contributed by atoms with E-state index in [0.717, 1.165) is 18.2 Å². The van der Waals surface area contributed by atoms with Gasteiger partial charge in [0.1, 0.15) is 5.82 Å². The summed E-state index contributed by atoms with van der Waals surface area (Å²) in [5.74, 6) is -2.93. The summed E-state index contributed by atoms with van der Waals surface area (Å²) in [5, 5.41) is 2.71. The molecule has 0 spiro atoms. The fourth-order valence-electron chi connectivity index (χ4n) is 2.09. The van der Waals surface area contributed by atoms with Gasteiger partial charge in [-0.05, 0) is 49.9 Å². The molecule has 2 aromatic rings. The normalized spacial score (nSPS) is 12.3. The van der Waals surface area contributed by atoms with Gasteiger partial charge in [-0.2, -0.15) is 0 Å². The number of carbonyl (C=O) groups is 1. The molecule has 24 heavy (non-hydrogen) atoms. The molecule has 1 N–H and O–H groups in total. The zero-order valence-corrected chi connectivity index (χ0v) is 13.9. The third-order valence-electron chi connectivity index (χ3n) is 3.65. The number of rotatable bonds is 5. The number of nitrogens with one attached hydrogen (secondary N) is 1. The minimum Gasteiger partial charge on any atom is -0.322 e. The Bertz CT molecular complexity index is 755. The zero-order valence-electron chi connectivity index (χ0n) is 13.1. The highest BCUT2D eigenvalue weighted by molar-refractivity contribution is 6.30. The van der Waals surface area contributed by atoms with Crippen molar-refractivity contribution in [3.63, 3.8) is 0 Å². The lowest BCUT2D eigenvalue weighted by molar-refractivity contribution is -0.120. The van der Waals surface area contributed by atoms with Gasteiger partial charge in [0.2, 0.25) is 5.91 Å². The highest BCUT2D eigenvalue weighted by Gasteiger charge is 2.20. The van der Waals surface area contributed by atoms with Crippen molar-refractivity contribution in [1.82, 2.24) is 4.90 Å². The van der Waals surface area contributed by atoms with Crippen LogP contribution in [-0.4, -0.2) is 23.9 Å². The van der Waals surface area contributed by atoms with Gasteiger partial charge in [-0.15, -0.1) is 0 Å². The van der Waals surface area contributed by atoms with E-state index in [-0.39, 0.29) is 17.3 Å². The monoisotopic (exact) mass is 356 g/mol. The van der Waals surface area contributed by atoms with Gasteiger partial charge in [0.25, 0.3) is 0 Å². The Morgan fingerprint density at radius 3 is 2.46 bits per heavy atom. The molecule has 0 radical (unpaired) electrons. The molecule has 0 fully saturated rings. The number of hydrogen-bond acceptors (Lipinski definition) is 2. The highest BCUT2D eigenvalue weighted by atomic mass is 35.5. The molecule has 3 nitrogen and oxygen atoms in total. The maximum Gasteiger partial charge on any atom is 0.241 e. The van der Waals surface area contributed by atoms with Gasteiger partial charge in [-0.25, -0.2) is 13.2 Å². The lowest BCUT2D eigenvalue weighted by atomic mass is 10.1. The van der Waals surface area contributed by atoms with Crippen LogP contribution in [0, 0.1) is 17.5 Å². The first-order valence-electron chi connectivity index (χ1n) is 7.18. The van der Waals surface area contributed by atoms with Gasteiger partial charge in [0.05, 0.1) is 11.7 Å². The molecule has 1 amide bonds. The Kier molecular flexibility index (Phi) is 5.85. The second-order valence-electron chi connectivity index (χ2n) is 5.45. The molecule has 7 heteroatoms. The molecule has 0 aliphatic heterocycles. The fourth-order valence-corrected chi connectivity index (χ4v) is 2.25. The van der Waals surface area contributed by atoms with Crippen molar-refractivity contribution in [2.75, 3.05) is 12.4 Å². The minimum absolute atomic E-state index is 0.0254. The van der Waals surface area contributed by atoms with Crippen LogP contribution in [0.15, 0.2) is 36.4 Å². The third-order valence-corrected chi connectivity index (χ3v) is 3.88. The van der Waals surface area contributed by atoms with Gasteiger partial charge in [0, 0.05) is 11.6 Å². The Morgan fingerprint density at radius 2 is 1.83 bits per heavy atom. The van der Waals surface area contributed by atoms with E-state index in [1.165, 1.54) is 18.2 Å². The molecular formula is C17H16ClF3N2O. The molecule has 0 bridgehead atoms. The lowest BCUT2D eigenvalue weighted by Gasteiger charge is -2.24. The molecule has 2 aromatic carbocycles. The summed E-state index contributed by atoms with van der Waals surface area (Å²) >= 11 is 5.66. The largest absolute Gasteiger partial charge is 0.322 e. The molecule has 0 aliphatic carbocycles. The maximum atomic E-state index is 13.7. The van der Waals surface area contributed by atoms with Crippen LogP contribution in [0.25, 0.3) is 0 Å². The molecule has 0 saturated carbocycles. The molecular weight excluding hydrogens is 341 g/mol. The van der Waals surface area contributed by atoms with E-state index in [9.17, 15) is 18.0 Å². The summed E-state index contributed by atoms with van der Waals surface area (Å²) in [6.45, 7) is 1.86. The topological polar surface area (TPSA) is 32.3 Å². The van der Waals surface area contributed by atoms with E-state index in [2.05, 4.69) is 5.32 Å². The van der Waals surface area contributed by atoms with Crippen LogP contribution in [0.2, 0.25) is 5.02 Å². The molecule has 128 valence electrons. The Balaban J connectivity index is 2.02. The van der Waals surface area contributed by atoms with Crippen molar-refractivity contribution in [3.05, 3.63) is 64.4 Å². The summed E-state index contributed by atoms with van der Waals surface area (Å²) in [4.78, 5) is 13.9. The first-order valence-corrected chi connectivity index (χ1v) is 7.56. The molecule has 0 aliphatic rings. The molecule has 1 unspecified atom stereocenters. The van der Waals surface area contributed by atoms with Gasteiger partial charge < -0.3 is 5.32 Å².